The first-order valence-electron chi connectivity index (χ1n) is 5.83. The first-order valence-corrected chi connectivity index (χ1v) is 5.83. The third kappa shape index (κ3) is 3.93. The van der Waals surface area contributed by atoms with Crippen LogP contribution in [0.4, 0.5) is 0 Å². The lowest BCUT2D eigenvalue weighted by Gasteiger charge is -2.06. The molecule has 2 rings (SSSR count). The molecule has 0 aromatic heterocycles. The summed E-state index contributed by atoms with van der Waals surface area (Å²) in [6.07, 6.45) is 0.0216. The van der Waals surface area contributed by atoms with Crippen molar-refractivity contribution in [3.05, 3.63) is 42.0 Å². The van der Waals surface area contributed by atoms with Crippen LogP contribution in [-0.2, 0) is 14.3 Å². The van der Waals surface area contributed by atoms with E-state index in [1.807, 2.05) is 0 Å². The molecule has 1 aliphatic heterocycles. The Kier molecular flexibility index (Phi) is 3.97. The van der Waals surface area contributed by atoms with Crippen LogP contribution in [0, 0.1) is 0 Å². The fourth-order valence-electron chi connectivity index (χ4n) is 1.30. The molecule has 0 saturated carbocycles. The van der Waals surface area contributed by atoms with E-state index in [4.69, 9.17) is 14.2 Å². The zero-order valence-corrected chi connectivity index (χ0v) is 10.5. The van der Waals surface area contributed by atoms with E-state index < -0.39 is 11.9 Å². The molecule has 100 valence electrons. The van der Waals surface area contributed by atoms with Crippen molar-refractivity contribution in [2.45, 2.75) is 13.0 Å². The number of benzene rings is 1. The average Bonchev–Trinajstić information content (AvgIpc) is 3.20. The van der Waals surface area contributed by atoms with Gasteiger partial charge in [-0.3, -0.25) is 0 Å². The van der Waals surface area contributed by atoms with Crippen molar-refractivity contribution in [2.24, 2.45) is 0 Å². The summed E-state index contributed by atoms with van der Waals surface area (Å²) in [7, 11) is 0. The normalized spacial score (nSPS) is 16.6. The second-order valence-electron chi connectivity index (χ2n) is 4.25. The molecule has 1 saturated heterocycles. The van der Waals surface area contributed by atoms with E-state index in [2.05, 4.69) is 6.58 Å². The summed E-state index contributed by atoms with van der Waals surface area (Å²) in [6.45, 7) is 5.91. The quantitative estimate of drug-likeness (QED) is 0.350. The third-order valence-corrected chi connectivity index (χ3v) is 2.43. The van der Waals surface area contributed by atoms with Gasteiger partial charge in [-0.1, -0.05) is 12.6 Å². The van der Waals surface area contributed by atoms with Gasteiger partial charge in [-0.2, -0.15) is 0 Å². The van der Waals surface area contributed by atoms with Gasteiger partial charge < -0.3 is 14.2 Å². The lowest BCUT2D eigenvalue weighted by Crippen LogP contribution is -2.11. The largest absolute Gasteiger partial charge is 0.459 e. The molecule has 0 aliphatic carbocycles. The van der Waals surface area contributed by atoms with Crippen LogP contribution in [0.3, 0.4) is 0 Å². The molecule has 0 spiro atoms. The van der Waals surface area contributed by atoms with Gasteiger partial charge in [0, 0.05) is 5.57 Å². The van der Waals surface area contributed by atoms with E-state index in [-0.39, 0.29) is 18.5 Å². The molecule has 5 nitrogen and oxygen atoms in total. The standard InChI is InChI=1S/C14H14O5/c1-9(2)13(15)19-11-5-3-4-10(6-11)14(16)18-8-12-7-17-12/h3-6,12H,1,7-8H2,2H3. The summed E-state index contributed by atoms with van der Waals surface area (Å²) in [5, 5.41) is 0. The average molecular weight is 262 g/mol. The van der Waals surface area contributed by atoms with Crippen LogP contribution >= 0.6 is 0 Å². The van der Waals surface area contributed by atoms with Gasteiger partial charge in [0.05, 0.1) is 12.2 Å². The predicted molar refractivity (Wildman–Crippen MR) is 66.9 cm³/mol. The maximum absolute atomic E-state index is 11.7. The van der Waals surface area contributed by atoms with Gasteiger partial charge >= 0.3 is 11.9 Å². The topological polar surface area (TPSA) is 65.1 Å². The van der Waals surface area contributed by atoms with Crippen molar-refractivity contribution in [3.8, 4) is 5.75 Å². The molecule has 1 unspecified atom stereocenters. The molecule has 0 radical (unpaired) electrons. The molecule has 0 N–H and O–H groups in total. The molecule has 1 fully saturated rings. The van der Waals surface area contributed by atoms with E-state index in [0.717, 1.165) is 0 Å². The van der Waals surface area contributed by atoms with E-state index >= 15 is 0 Å². The van der Waals surface area contributed by atoms with Crippen molar-refractivity contribution < 1.29 is 23.8 Å². The van der Waals surface area contributed by atoms with Crippen LogP contribution in [0.5, 0.6) is 5.75 Å². The maximum atomic E-state index is 11.7. The van der Waals surface area contributed by atoms with Gasteiger partial charge in [-0.15, -0.1) is 0 Å². The Balaban J connectivity index is 1.98. The fraction of sp³-hybridized carbons (Fsp3) is 0.286. The molecule has 1 atom stereocenters. The Bertz CT molecular complexity index is 516. The van der Waals surface area contributed by atoms with Gasteiger partial charge in [-0.05, 0) is 25.1 Å². The van der Waals surface area contributed by atoms with Gasteiger partial charge in [-0.25, -0.2) is 9.59 Å². The number of carbonyl (C=O) groups is 2. The highest BCUT2D eigenvalue weighted by Crippen LogP contribution is 2.16. The Morgan fingerprint density at radius 3 is 2.84 bits per heavy atom. The number of hydrogen-bond acceptors (Lipinski definition) is 5. The third-order valence-electron chi connectivity index (χ3n) is 2.43. The van der Waals surface area contributed by atoms with Crippen LogP contribution in [0.25, 0.3) is 0 Å². The highest BCUT2D eigenvalue weighted by molar-refractivity contribution is 5.91. The Hall–Kier alpha value is -2.14. The second-order valence-corrected chi connectivity index (χ2v) is 4.25. The smallest absolute Gasteiger partial charge is 0.338 e. The van der Waals surface area contributed by atoms with Crippen LogP contribution < -0.4 is 4.74 Å². The summed E-state index contributed by atoms with van der Waals surface area (Å²) in [5.41, 5.74) is 0.617. The van der Waals surface area contributed by atoms with Crippen molar-refractivity contribution in [2.75, 3.05) is 13.2 Å². The van der Waals surface area contributed by atoms with Crippen molar-refractivity contribution in [3.63, 3.8) is 0 Å². The van der Waals surface area contributed by atoms with E-state index in [9.17, 15) is 9.59 Å². The van der Waals surface area contributed by atoms with Crippen LogP contribution in [0.1, 0.15) is 17.3 Å². The molecule has 1 aromatic rings. The minimum absolute atomic E-state index is 0.0216. The fourth-order valence-corrected chi connectivity index (χ4v) is 1.30. The van der Waals surface area contributed by atoms with Crippen molar-refractivity contribution >= 4 is 11.9 Å². The molecule has 0 bridgehead atoms. The van der Waals surface area contributed by atoms with E-state index in [1.165, 1.54) is 6.07 Å². The molecule has 19 heavy (non-hydrogen) atoms. The minimum atomic E-state index is -0.531. The summed E-state index contributed by atoms with van der Waals surface area (Å²) in [4.78, 5) is 23.1. The minimum Gasteiger partial charge on any atom is -0.459 e. The number of ether oxygens (including phenoxy) is 3. The molecule has 1 heterocycles. The van der Waals surface area contributed by atoms with Gasteiger partial charge in [0.15, 0.2) is 0 Å². The Morgan fingerprint density at radius 1 is 1.47 bits per heavy atom. The van der Waals surface area contributed by atoms with Crippen LogP contribution in [0.2, 0.25) is 0 Å². The Labute approximate surface area is 110 Å². The van der Waals surface area contributed by atoms with Crippen LogP contribution in [0.15, 0.2) is 36.4 Å². The SMILES string of the molecule is C=C(C)C(=O)Oc1cccc(C(=O)OCC2CO2)c1. The molecule has 1 aliphatic rings. The number of epoxide rings is 1. The van der Waals surface area contributed by atoms with Crippen molar-refractivity contribution in [1.29, 1.82) is 0 Å². The van der Waals surface area contributed by atoms with Crippen molar-refractivity contribution in [1.82, 2.24) is 0 Å². The van der Waals surface area contributed by atoms with E-state index in [0.29, 0.717) is 17.7 Å². The first-order chi connectivity index (χ1) is 9.06. The summed E-state index contributed by atoms with van der Waals surface area (Å²) >= 11 is 0. The van der Waals surface area contributed by atoms with Gasteiger partial charge in [0.2, 0.25) is 0 Å². The van der Waals surface area contributed by atoms with Gasteiger partial charge in [0.25, 0.3) is 0 Å². The Morgan fingerprint density at radius 2 is 2.21 bits per heavy atom. The molecule has 1 aromatic carbocycles. The number of esters is 2. The van der Waals surface area contributed by atoms with Gasteiger partial charge in [0.1, 0.15) is 18.5 Å². The maximum Gasteiger partial charge on any atom is 0.338 e. The number of rotatable bonds is 5. The second kappa shape index (κ2) is 5.67. The van der Waals surface area contributed by atoms with E-state index in [1.54, 1.807) is 25.1 Å². The highest BCUT2D eigenvalue weighted by Gasteiger charge is 2.24. The first kappa shape index (κ1) is 13.3. The number of hydrogen-bond donors (Lipinski definition) is 0. The molecule has 5 heteroatoms. The number of carbonyl (C=O) groups excluding carboxylic acids is 2. The molecular formula is C14H14O5. The summed E-state index contributed by atoms with van der Waals surface area (Å²) in [6, 6.07) is 6.25. The zero-order valence-electron chi connectivity index (χ0n) is 10.5. The molecular weight excluding hydrogens is 248 g/mol. The lowest BCUT2D eigenvalue weighted by molar-refractivity contribution is -0.130. The lowest BCUT2D eigenvalue weighted by atomic mass is 10.2. The summed E-state index contributed by atoms with van der Waals surface area (Å²) in [5.74, 6) is -0.717. The molecule has 0 amide bonds. The predicted octanol–water partition coefficient (Wildman–Crippen LogP) is 1.72. The zero-order chi connectivity index (χ0) is 13.8. The monoisotopic (exact) mass is 262 g/mol. The summed E-state index contributed by atoms with van der Waals surface area (Å²) < 4.78 is 15.0. The highest BCUT2D eigenvalue weighted by atomic mass is 16.6. The van der Waals surface area contributed by atoms with Crippen LogP contribution in [-0.4, -0.2) is 31.3 Å².